The molecule has 1 aromatic carbocycles. The van der Waals surface area contributed by atoms with Crippen molar-refractivity contribution < 1.29 is 13.6 Å². The fourth-order valence-corrected chi connectivity index (χ4v) is 6.41. The number of amides is 2. The second-order valence-corrected chi connectivity index (χ2v) is 10.5. The summed E-state index contributed by atoms with van der Waals surface area (Å²) in [6, 6.07) is 6.33. The van der Waals surface area contributed by atoms with Crippen LogP contribution in [0.5, 0.6) is 0 Å². The van der Waals surface area contributed by atoms with Crippen LogP contribution >= 0.6 is 11.8 Å². The number of oxazole rings is 1. The molecule has 0 radical (unpaired) electrons. The maximum atomic E-state index is 12.1. The minimum atomic E-state index is -0.309. The second-order valence-electron chi connectivity index (χ2n) is 9.26. The lowest BCUT2D eigenvalue weighted by atomic mass is 10.0. The lowest BCUT2D eigenvalue weighted by molar-refractivity contribution is 0.247. The number of rotatable bonds is 11. The Morgan fingerprint density at radius 1 is 1.03 bits per heavy atom. The molecule has 3 atom stereocenters. The lowest BCUT2D eigenvalue weighted by Gasteiger charge is -2.16. The van der Waals surface area contributed by atoms with E-state index in [0.717, 1.165) is 61.8 Å². The second kappa shape index (κ2) is 10.2. The predicted molar refractivity (Wildman–Crippen MR) is 130 cm³/mol. The van der Waals surface area contributed by atoms with Crippen LogP contribution in [0.4, 0.5) is 4.79 Å². The summed E-state index contributed by atoms with van der Waals surface area (Å²) in [6.45, 7) is 2.61. The van der Waals surface area contributed by atoms with Crippen molar-refractivity contribution >= 4 is 28.9 Å². The third-order valence-electron chi connectivity index (χ3n) is 6.67. The summed E-state index contributed by atoms with van der Waals surface area (Å²) >= 11 is 1.96. The van der Waals surface area contributed by atoms with E-state index < -0.39 is 0 Å². The van der Waals surface area contributed by atoms with Crippen molar-refractivity contribution in [3.63, 3.8) is 0 Å². The molecule has 2 aliphatic heterocycles. The fraction of sp³-hybridized carbons (Fsp3) is 0.583. The molecule has 2 saturated heterocycles. The molecule has 182 valence electrons. The predicted octanol–water partition coefficient (Wildman–Crippen LogP) is 3.58. The Balaban J connectivity index is 0.993. The maximum Gasteiger partial charge on any atom is 0.419 e. The zero-order valence-corrected chi connectivity index (χ0v) is 20.2. The van der Waals surface area contributed by atoms with E-state index in [1.807, 2.05) is 36.9 Å². The van der Waals surface area contributed by atoms with Crippen LogP contribution in [-0.4, -0.2) is 43.9 Å². The highest BCUT2D eigenvalue weighted by molar-refractivity contribution is 8.00. The molecule has 0 spiro atoms. The Labute approximate surface area is 202 Å². The molecule has 2 N–H and O–H groups in total. The van der Waals surface area contributed by atoms with E-state index in [4.69, 9.17) is 8.83 Å². The van der Waals surface area contributed by atoms with Crippen molar-refractivity contribution in [2.45, 2.75) is 82.2 Å². The van der Waals surface area contributed by atoms with Gasteiger partial charge in [0.05, 0.1) is 17.6 Å². The molecule has 10 heteroatoms. The van der Waals surface area contributed by atoms with Crippen LogP contribution in [0.1, 0.15) is 55.9 Å². The molecule has 0 saturated carbocycles. The summed E-state index contributed by atoms with van der Waals surface area (Å²) in [5.41, 5.74) is 2.58. The zero-order valence-electron chi connectivity index (χ0n) is 19.4. The molecular weight excluding hydrogens is 454 g/mol. The van der Waals surface area contributed by atoms with Crippen molar-refractivity contribution in [1.29, 1.82) is 0 Å². The number of carbonyl (C=O) groups is 1. The third-order valence-corrected chi connectivity index (χ3v) is 8.18. The largest absolute Gasteiger partial charge is 0.425 e. The van der Waals surface area contributed by atoms with E-state index in [-0.39, 0.29) is 17.8 Å². The molecule has 2 aliphatic rings. The summed E-state index contributed by atoms with van der Waals surface area (Å²) in [5, 5.41) is 14.9. The number of aromatic nitrogens is 3. The number of aryl methyl sites for hydroxylation is 4. The number of urea groups is 1. The Morgan fingerprint density at radius 3 is 2.65 bits per heavy atom. The van der Waals surface area contributed by atoms with Gasteiger partial charge in [-0.05, 0) is 50.3 Å². The lowest BCUT2D eigenvalue weighted by Crippen LogP contribution is -2.36. The minimum absolute atomic E-state index is 0.0218. The number of fused-ring (bicyclic) bond motifs is 2. The quantitative estimate of drug-likeness (QED) is 0.315. The first kappa shape index (κ1) is 23.0. The number of nitrogens with one attached hydrogen (secondary N) is 2. The highest BCUT2D eigenvalue weighted by Crippen LogP contribution is 2.33. The van der Waals surface area contributed by atoms with Gasteiger partial charge in [-0.2, -0.15) is 11.8 Å². The first-order valence-corrected chi connectivity index (χ1v) is 13.2. The number of benzene rings is 1. The van der Waals surface area contributed by atoms with E-state index in [2.05, 4.69) is 20.8 Å². The minimum Gasteiger partial charge on any atom is -0.425 e. The van der Waals surface area contributed by atoms with Crippen LogP contribution in [0, 0.1) is 6.92 Å². The molecule has 0 aliphatic carbocycles. The van der Waals surface area contributed by atoms with Crippen LogP contribution in [-0.2, 0) is 19.4 Å². The topological polar surface area (TPSA) is 115 Å². The van der Waals surface area contributed by atoms with Gasteiger partial charge < -0.3 is 19.5 Å². The monoisotopic (exact) mass is 485 g/mol. The highest BCUT2D eigenvalue weighted by atomic mass is 32.2. The van der Waals surface area contributed by atoms with Crippen molar-refractivity contribution in [1.82, 2.24) is 25.4 Å². The normalized spacial score (nSPS) is 21.7. The van der Waals surface area contributed by atoms with Crippen LogP contribution in [0.15, 0.2) is 31.8 Å². The van der Waals surface area contributed by atoms with Gasteiger partial charge in [0.1, 0.15) is 0 Å². The van der Waals surface area contributed by atoms with E-state index in [1.54, 1.807) is 4.57 Å². The van der Waals surface area contributed by atoms with E-state index in [0.29, 0.717) is 41.6 Å². The molecule has 0 bridgehead atoms. The number of hydrogen-bond acceptors (Lipinski definition) is 7. The number of carbonyl (C=O) groups excluding carboxylic acids is 1. The van der Waals surface area contributed by atoms with Crippen molar-refractivity contribution in [2.75, 3.05) is 5.75 Å². The molecule has 9 nitrogen and oxygen atoms in total. The van der Waals surface area contributed by atoms with Crippen molar-refractivity contribution in [3.8, 4) is 0 Å². The average molecular weight is 486 g/mol. The van der Waals surface area contributed by atoms with E-state index in [1.165, 1.54) is 0 Å². The van der Waals surface area contributed by atoms with E-state index >= 15 is 0 Å². The van der Waals surface area contributed by atoms with Gasteiger partial charge in [0.15, 0.2) is 5.58 Å². The van der Waals surface area contributed by atoms with Crippen molar-refractivity contribution in [2.24, 2.45) is 0 Å². The SMILES string of the molecule is Cc1ccc2oc(=O)n(CCCCc3nnc(CCCCC[C@@H]4SC[C@@H]5NC(=O)N[C@@H]54)o3)c2c1. The van der Waals surface area contributed by atoms with Gasteiger partial charge in [0.25, 0.3) is 0 Å². The summed E-state index contributed by atoms with van der Waals surface area (Å²) in [4.78, 5) is 23.6. The van der Waals surface area contributed by atoms with Gasteiger partial charge >= 0.3 is 11.8 Å². The van der Waals surface area contributed by atoms with Crippen LogP contribution in [0.2, 0.25) is 0 Å². The molecule has 4 heterocycles. The third kappa shape index (κ3) is 5.16. The Hall–Kier alpha value is -2.75. The van der Waals surface area contributed by atoms with Gasteiger partial charge in [0.2, 0.25) is 11.8 Å². The van der Waals surface area contributed by atoms with E-state index in [9.17, 15) is 9.59 Å². The van der Waals surface area contributed by atoms with Gasteiger partial charge in [-0.25, -0.2) is 9.59 Å². The first-order valence-electron chi connectivity index (χ1n) is 12.2. The highest BCUT2D eigenvalue weighted by Gasteiger charge is 2.42. The van der Waals surface area contributed by atoms with Gasteiger partial charge in [-0.1, -0.05) is 18.9 Å². The molecule has 2 aromatic heterocycles. The molecule has 2 amide bonds. The summed E-state index contributed by atoms with van der Waals surface area (Å²) in [7, 11) is 0. The number of unbranched alkanes of at least 4 members (excludes halogenated alkanes) is 3. The summed E-state index contributed by atoms with van der Waals surface area (Å²) in [5.74, 6) is 2.06. The summed E-state index contributed by atoms with van der Waals surface area (Å²) in [6.07, 6.45) is 7.59. The zero-order chi connectivity index (χ0) is 23.5. The molecular formula is C24H31N5O4S. The summed E-state index contributed by atoms with van der Waals surface area (Å²) < 4.78 is 12.8. The van der Waals surface area contributed by atoms with Gasteiger partial charge in [0, 0.05) is 30.4 Å². The Bertz CT molecular complexity index is 1200. The molecule has 2 fully saturated rings. The standard InChI is InChI=1S/C24H31N5O4S/c1-15-10-11-18-17(13-15)29(24(31)32-18)12-6-5-9-21-28-27-20(33-21)8-4-2-3-7-19-22-16(14-34-19)25-23(30)26-22/h10-11,13,16,19,22H,2-9,12,14H2,1H3,(H2,25,26,30)/t16-,19-,22-/m0/s1. The van der Waals surface area contributed by atoms with Gasteiger partial charge in [-0.3, -0.25) is 4.57 Å². The average Bonchev–Trinajstić information content (AvgIpc) is 3.56. The smallest absolute Gasteiger partial charge is 0.419 e. The maximum absolute atomic E-state index is 12.1. The van der Waals surface area contributed by atoms with Crippen LogP contribution in [0.25, 0.3) is 11.1 Å². The van der Waals surface area contributed by atoms with Gasteiger partial charge in [-0.15, -0.1) is 10.2 Å². The molecule has 0 unspecified atom stereocenters. The molecule has 3 aromatic rings. The Kier molecular flexibility index (Phi) is 6.94. The van der Waals surface area contributed by atoms with Crippen LogP contribution in [0.3, 0.4) is 0 Å². The Morgan fingerprint density at radius 2 is 1.82 bits per heavy atom. The number of nitrogens with zero attached hydrogens (tertiary/aromatic N) is 3. The van der Waals surface area contributed by atoms with Crippen LogP contribution < -0.4 is 16.4 Å². The number of hydrogen-bond donors (Lipinski definition) is 2. The fourth-order valence-electron chi connectivity index (χ4n) is 4.86. The molecule has 5 rings (SSSR count). The molecule has 34 heavy (non-hydrogen) atoms. The number of thioether (sulfide) groups is 1. The first-order chi connectivity index (χ1) is 16.6. The van der Waals surface area contributed by atoms with Crippen molar-refractivity contribution in [3.05, 3.63) is 46.1 Å².